The summed E-state index contributed by atoms with van der Waals surface area (Å²) in [5, 5.41) is 3.47. The number of benzene rings is 1. The van der Waals surface area contributed by atoms with Gasteiger partial charge < -0.3 is 10.2 Å². The maximum absolute atomic E-state index is 14.1. The molecule has 0 aromatic heterocycles. The summed E-state index contributed by atoms with van der Waals surface area (Å²) in [4.78, 5) is 2.20. The number of halogens is 2. The van der Waals surface area contributed by atoms with Crippen LogP contribution in [-0.2, 0) is 0 Å². The van der Waals surface area contributed by atoms with Crippen LogP contribution in [0.1, 0.15) is 20.8 Å². The zero-order chi connectivity index (χ0) is 13.3. The van der Waals surface area contributed by atoms with Gasteiger partial charge in [-0.1, -0.05) is 29.8 Å². The minimum absolute atomic E-state index is 0.149. The molecular weight excluding hydrogens is 295 g/mol. The van der Waals surface area contributed by atoms with Gasteiger partial charge in [-0.15, -0.1) is 0 Å². The summed E-state index contributed by atoms with van der Waals surface area (Å²) in [6.07, 6.45) is 0. The summed E-state index contributed by atoms with van der Waals surface area (Å²) in [5.74, 6) is 0.345. The Morgan fingerprint density at radius 2 is 2.17 bits per heavy atom. The highest BCUT2D eigenvalue weighted by Crippen LogP contribution is 2.28. The number of hydrogen-bond acceptors (Lipinski definition) is 2. The Morgan fingerprint density at radius 1 is 1.44 bits per heavy atom. The Kier molecular flexibility index (Phi) is 4.28. The molecule has 1 aromatic rings. The van der Waals surface area contributed by atoms with Crippen LogP contribution in [0.3, 0.4) is 0 Å². The van der Waals surface area contributed by atoms with Crippen LogP contribution in [0.5, 0.6) is 0 Å². The fourth-order valence-corrected chi connectivity index (χ4v) is 2.85. The van der Waals surface area contributed by atoms with Crippen molar-refractivity contribution in [3.8, 4) is 0 Å². The van der Waals surface area contributed by atoms with Crippen LogP contribution >= 0.6 is 15.9 Å². The van der Waals surface area contributed by atoms with Gasteiger partial charge in [-0.05, 0) is 31.0 Å². The highest BCUT2D eigenvalue weighted by Gasteiger charge is 2.29. The molecule has 1 aromatic carbocycles. The highest BCUT2D eigenvalue weighted by molar-refractivity contribution is 9.10. The molecule has 1 aliphatic heterocycles. The zero-order valence-corrected chi connectivity index (χ0v) is 12.7. The summed E-state index contributed by atoms with van der Waals surface area (Å²) < 4.78 is 14.9. The third-order valence-corrected chi connectivity index (χ3v) is 4.03. The van der Waals surface area contributed by atoms with E-state index in [4.69, 9.17) is 0 Å². The summed E-state index contributed by atoms with van der Waals surface area (Å²) in [5.41, 5.74) is 0.713. The first-order valence-corrected chi connectivity index (χ1v) is 7.23. The Hall–Kier alpha value is -0.610. The number of nitrogens with zero attached hydrogens (tertiary/aromatic N) is 1. The molecule has 0 saturated carbocycles. The lowest BCUT2D eigenvalue weighted by atomic mass is 9.98. The SMILES string of the molecule is CC1CN(c2ccc(Br)cc2F)C(C(C)C)CN1. The van der Waals surface area contributed by atoms with E-state index in [1.54, 1.807) is 6.07 Å². The molecular formula is C14H20BrFN2. The standard InChI is InChI=1S/C14H20BrFN2/c1-9(2)14-7-17-10(3)8-18(14)13-5-4-11(15)6-12(13)16/h4-6,9-10,14,17H,7-8H2,1-3H3. The van der Waals surface area contributed by atoms with Crippen molar-refractivity contribution in [1.82, 2.24) is 5.32 Å². The molecule has 0 bridgehead atoms. The highest BCUT2D eigenvalue weighted by atomic mass is 79.9. The van der Waals surface area contributed by atoms with E-state index in [9.17, 15) is 4.39 Å². The topological polar surface area (TPSA) is 15.3 Å². The van der Waals surface area contributed by atoms with Crippen LogP contribution in [0.25, 0.3) is 0 Å². The van der Waals surface area contributed by atoms with E-state index < -0.39 is 0 Å². The predicted molar refractivity (Wildman–Crippen MR) is 77.5 cm³/mol. The first-order chi connectivity index (χ1) is 8.49. The molecule has 1 fully saturated rings. The monoisotopic (exact) mass is 314 g/mol. The number of rotatable bonds is 2. The van der Waals surface area contributed by atoms with Crippen LogP contribution in [0.2, 0.25) is 0 Å². The summed E-state index contributed by atoms with van der Waals surface area (Å²) in [6.45, 7) is 8.27. The lowest BCUT2D eigenvalue weighted by molar-refractivity contribution is 0.346. The van der Waals surface area contributed by atoms with Crippen molar-refractivity contribution in [1.29, 1.82) is 0 Å². The second-order valence-corrected chi connectivity index (χ2v) is 6.28. The largest absolute Gasteiger partial charge is 0.363 e. The summed E-state index contributed by atoms with van der Waals surface area (Å²) in [7, 11) is 0. The minimum atomic E-state index is -0.149. The number of nitrogens with one attached hydrogen (secondary N) is 1. The van der Waals surface area contributed by atoms with Gasteiger partial charge in [0, 0.05) is 29.6 Å². The van der Waals surface area contributed by atoms with Crippen LogP contribution in [0.15, 0.2) is 22.7 Å². The predicted octanol–water partition coefficient (Wildman–Crippen LogP) is 3.41. The van der Waals surface area contributed by atoms with Crippen molar-refractivity contribution in [2.75, 3.05) is 18.0 Å². The van der Waals surface area contributed by atoms with Crippen LogP contribution in [0.4, 0.5) is 10.1 Å². The molecule has 1 heterocycles. The van der Waals surface area contributed by atoms with Crippen molar-refractivity contribution < 1.29 is 4.39 Å². The Labute approximate surface area is 117 Å². The quantitative estimate of drug-likeness (QED) is 0.900. The molecule has 0 amide bonds. The smallest absolute Gasteiger partial charge is 0.147 e. The maximum atomic E-state index is 14.1. The van der Waals surface area contributed by atoms with E-state index in [2.05, 4.69) is 46.9 Å². The van der Waals surface area contributed by atoms with E-state index in [1.165, 1.54) is 0 Å². The van der Waals surface area contributed by atoms with E-state index in [0.29, 0.717) is 23.7 Å². The molecule has 2 rings (SSSR count). The number of hydrogen-bond donors (Lipinski definition) is 1. The molecule has 2 atom stereocenters. The van der Waals surface area contributed by atoms with Gasteiger partial charge in [-0.2, -0.15) is 0 Å². The van der Waals surface area contributed by atoms with E-state index in [0.717, 1.165) is 17.6 Å². The third-order valence-electron chi connectivity index (χ3n) is 3.54. The average molecular weight is 315 g/mol. The van der Waals surface area contributed by atoms with Gasteiger partial charge in [0.2, 0.25) is 0 Å². The molecule has 100 valence electrons. The van der Waals surface area contributed by atoms with Gasteiger partial charge in [0.1, 0.15) is 5.82 Å². The molecule has 1 aliphatic rings. The average Bonchev–Trinajstić information content (AvgIpc) is 2.28. The molecule has 0 spiro atoms. The van der Waals surface area contributed by atoms with Crippen LogP contribution < -0.4 is 10.2 Å². The molecule has 4 heteroatoms. The van der Waals surface area contributed by atoms with Crippen molar-refractivity contribution in [3.05, 3.63) is 28.5 Å². The first kappa shape index (κ1) is 13.8. The number of piperazine rings is 1. The molecule has 1 saturated heterocycles. The van der Waals surface area contributed by atoms with Gasteiger partial charge in [0.25, 0.3) is 0 Å². The molecule has 0 aliphatic carbocycles. The fourth-order valence-electron chi connectivity index (χ4n) is 2.51. The number of anilines is 1. The lowest BCUT2D eigenvalue weighted by Crippen LogP contribution is -2.57. The first-order valence-electron chi connectivity index (χ1n) is 6.44. The van der Waals surface area contributed by atoms with E-state index in [1.807, 2.05) is 12.1 Å². The lowest BCUT2D eigenvalue weighted by Gasteiger charge is -2.43. The van der Waals surface area contributed by atoms with Gasteiger partial charge in [-0.25, -0.2) is 4.39 Å². The van der Waals surface area contributed by atoms with Gasteiger partial charge in [0.05, 0.1) is 5.69 Å². The van der Waals surface area contributed by atoms with Crippen molar-refractivity contribution in [3.63, 3.8) is 0 Å². The molecule has 0 radical (unpaired) electrons. The van der Waals surface area contributed by atoms with E-state index >= 15 is 0 Å². The molecule has 2 unspecified atom stereocenters. The Balaban J connectivity index is 2.32. The van der Waals surface area contributed by atoms with Crippen molar-refractivity contribution >= 4 is 21.6 Å². The van der Waals surface area contributed by atoms with Gasteiger partial charge in [-0.3, -0.25) is 0 Å². The Bertz CT molecular complexity index is 422. The van der Waals surface area contributed by atoms with Crippen molar-refractivity contribution in [2.45, 2.75) is 32.9 Å². The third kappa shape index (κ3) is 2.86. The van der Waals surface area contributed by atoms with Gasteiger partial charge in [0.15, 0.2) is 0 Å². The zero-order valence-electron chi connectivity index (χ0n) is 11.1. The van der Waals surface area contributed by atoms with Gasteiger partial charge >= 0.3 is 0 Å². The molecule has 1 N–H and O–H groups in total. The second-order valence-electron chi connectivity index (χ2n) is 5.37. The fraction of sp³-hybridized carbons (Fsp3) is 0.571. The Morgan fingerprint density at radius 3 is 2.78 bits per heavy atom. The van der Waals surface area contributed by atoms with Crippen LogP contribution in [0, 0.1) is 11.7 Å². The molecule has 18 heavy (non-hydrogen) atoms. The minimum Gasteiger partial charge on any atom is -0.363 e. The summed E-state index contributed by atoms with van der Waals surface area (Å²) in [6, 6.07) is 6.05. The molecule has 2 nitrogen and oxygen atoms in total. The van der Waals surface area contributed by atoms with E-state index in [-0.39, 0.29) is 5.82 Å². The van der Waals surface area contributed by atoms with Crippen molar-refractivity contribution in [2.24, 2.45) is 5.92 Å². The maximum Gasteiger partial charge on any atom is 0.147 e. The van der Waals surface area contributed by atoms with Crippen LogP contribution in [-0.4, -0.2) is 25.2 Å². The summed E-state index contributed by atoms with van der Waals surface area (Å²) >= 11 is 3.31. The second kappa shape index (κ2) is 5.57. The normalized spacial score (nSPS) is 24.7.